The monoisotopic (exact) mass is 285 g/mol. The molecule has 0 unspecified atom stereocenters. The van der Waals surface area contributed by atoms with Crippen molar-refractivity contribution in [2.24, 2.45) is 0 Å². The standard InChI is InChI=1S/C20H15NO/c1-22-15-11-12-19-17(13-15)20(14-7-3-2-4-8-14)16-9-5-6-10-18(16)21-19/h2-13H,1H3. The molecule has 4 aromatic rings. The van der Waals surface area contributed by atoms with E-state index < -0.39 is 0 Å². The van der Waals surface area contributed by atoms with E-state index >= 15 is 0 Å². The maximum absolute atomic E-state index is 5.40. The third-order valence-electron chi connectivity index (χ3n) is 3.95. The summed E-state index contributed by atoms with van der Waals surface area (Å²) in [5.74, 6) is 0.849. The summed E-state index contributed by atoms with van der Waals surface area (Å²) in [6.45, 7) is 0. The number of hydrogen-bond donors (Lipinski definition) is 0. The maximum atomic E-state index is 5.40. The molecule has 106 valence electrons. The fourth-order valence-corrected chi connectivity index (χ4v) is 2.91. The minimum Gasteiger partial charge on any atom is -0.497 e. The van der Waals surface area contributed by atoms with E-state index in [4.69, 9.17) is 9.72 Å². The molecule has 3 aromatic carbocycles. The number of fused-ring (bicyclic) bond motifs is 2. The van der Waals surface area contributed by atoms with Crippen molar-refractivity contribution in [1.29, 1.82) is 0 Å². The summed E-state index contributed by atoms with van der Waals surface area (Å²) in [7, 11) is 1.69. The topological polar surface area (TPSA) is 22.1 Å². The number of hydrogen-bond acceptors (Lipinski definition) is 2. The van der Waals surface area contributed by atoms with Gasteiger partial charge in [-0.05, 0) is 29.8 Å². The number of aromatic nitrogens is 1. The van der Waals surface area contributed by atoms with Crippen molar-refractivity contribution in [2.45, 2.75) is 0 Å². The van der Waals surface area contributed by atoms with Crippen LogP contribution in [0.4, 0.5) is 0 Å². The number of methoxy groups -OCH3 is 1. The van der Waals surface area contributed by atoms with Crippen molar-refractivity contribution in [3.05, 3.63) is 72.8 Å². The molecule has 4 rings (SSSR count). The van der Waals surface area contributed by atoms with Crippen LogP contribution in [0.3, 0.4) is 0 Å². The summed E-state index contributed by atoms with van der Waals surface area (Å²) < 4.78 is 5.40. The molecule has 22 heavy (non-hydrogen) atoms. The van der Waals surface area contributed by atoms with Crippen molar-refractivity contribution in [1.82, 2.24) is 4.98 Å². The highest BCUT2D eigenvalue weighted by atomic mass is 16.5. The average molecular weight is 285 g/mol. The van der Waals surface area contributed by atoms with Crippen LogP contribution in [-0.2, 0) is 0 Å². The van der Waals surface area contributed by atoms with Crippen LogP contribution < -0.4 is 4.74 Å². The van der Waals surface area contributed by atoms with Gasteiger partial charge in [0.1, 0.15) is 5.75 Å². The van der Waals surface area contributed by atoms with Crippen molar-refractivity contribution < 1.29 is 4.74 Å². The van der Waals surface area contributed by atoms with Gasteiger partial charge in [-0.2, -0.15) is 0 Å². The smallest absolute Gasteiger partial charge is 0.119 e. The van der Waals surface area contributed by atoms with Gasteiger partial charge in [-0.15, -0.1) is 0 Å². The van der Waals surface area contributed by atoms with Crippen LogP contribution in [0.15, 0.2) is 72.8 Å². The predicted molar refractivity (Wildman–Crippen MR) is 91.2 cm³/mol. The van der Waals surface area contributed by atoms with Gasteiger partial charge in [-0.1, -0.05) is 48.5 Å². The maximum Gasteiger partial charge on any atom is 0.119 e. The highest BCUT2D eigenvalue weighted by Crippen LogP contribution is 2.36. The second-order valence-corrected chi connectivity index (χ2v) is 5.25. The SMILES string of the molecule is COc1ccc2nc3ccccc3c(-c3ccccc3)c2c1. The van der Waals surface area contributed by atoms with Crippen LogP contribution in [-0.4, -0.2) is 12.1 Å². The minimum absolute atomic E-state index is 0.849. The number of benzene rings is 3. The van der Waals surface area contributed by atoms with E-state index in [1.165, 1.54) is 11.1 Å². The zero-order chi connectivity index (χ0) is 14.9. The minimum atomic E-state index is 0.849. The molecular formula is C20H15NO. The van der Waals surface area contributed by atoms with E-state index in [0.717, 1.165) is 27.6 Å². The molecule has 0 radical (unpaired) electrons. The molecule has 0 spiro atoms. The van der Waals surface area contributed by atoms with Gasteiger partial charge in [0.2, 0.25) is 0 Å². The molecule has 1 heterocycles. The third kappa shape index (κ3) is 2.01. The van der Waals surface area contributed by atoms with Gasteiger partial charge in [0, 0.05) is 16.3 Å². The summed E-state index contributed by atoms with van der Waals surface area (Å²) in [6, 6.07) is 24.8. The van der Waals surface area contributed by atoms with Gasteiger partial charge >= 0.3 is 0 Å². The van der Waals surface area contributed by atoms with Crippen molar-refractivity contribution >= 4 is 21.8 Å². The Morgan fingerprint density at radius 1 is 0.727 bits per heavy atom. The lowest BCUT2D eigenvalue weighted by molar-refractivity contribution is 0.415. The van der Waals surface area contributed by atoms with Gasteiger partial charge in [-0.25, -0.2) is 4.98 Å². The molecule has 0 amide bonds. The van der Waals surface area contributed by atoms with Crippen LogP contribution in [0.2, 0.25) is 0 Å². The summed E-state index contributed by atoms with van der Waals surface area (Å²) in [5.41, 5.74) is 4.40. The Kier molecular flexibility index (Phi) is 3.01. The van der Waals surface area contributed by atoms with Crippen molar-refractivity contribution in [3.63, 3.8) is 0 Å². The molecular weight excluding hydrogens is 270 g/mol. The predicted octanol–water partition coefficient (Wildman–Crippen LogP) is 5.06. The molecule has 2 heteroatoms. The highest BCUT2D eigenvalue weighted by molar-refractivity contribution is 6.09. The second kappa shape index (κ2) is 5.15. The van der Waals surface area contributed by atoms with E-state index in [1.54, 1.807) is 7.11 Å². The molecule has 0 saturated heterocycles. The Bertz CT molecular complexity index is 961. The molecule has 0 saturated carbocycles. The normalized spacial score (nSPS) is 11.0. The first kappa shape index (κ1) is 12.8. The largest absolute Gasteiger partial charge is 0.497 e. The quantitative estimate of drug-likeness (QED) is 0.480. The highest BCUT2D eigenvalue weighted by Gasteiger charge is 2.11. The lowest BCUT2D eigenvalue weighted by atomic mass is 9.96. The molecule has 0 atom stereocenters. The van der Waals surface area contributed by atoms with Crippen LogP contribution in [0, 0.1) is 0 Å². The third-order valence-corrected chi connectivity index (χ3v) is 3.95. The Labute approximate surface area is 129 Å². The number of nitrogens with zero attached hydrogens (tertiary/aromatic N) is 1. The summed E-state index contributed by atoms with van der Waals surface area (Å²) >= 11 is 0. The number of rotatable bonds is 2. The first-order valence-corrected chi connectivity index (χ1v) is 7.29. The van der Waals surface area contributed by atoms with E-state index in [1.807, 2.05) is 24.3 Å². The lowest BCUT2D eigenvalue weighted by Crippen LogP contribution is -1.90. The Balaban J connectivity index is 2.20. The zero-order valence-corrected chi connectivity index (χ0v) is 12.3. The second-order valence-electron chi connectivity index (χ2n) is 5.25. The van der Waals surface area contributed by atoms with Crippen LogP contribution in [0.1, 0.15) is 0 Å². The average Bonchev–Trinajstić information content (AvgIpc) is 2.60. The first-order chi connectivity index (χ1) is 10.9. The molecule has 1 aromatic heterocycles. The van der Waals surface area contributed by atoms with E-state index in [9.17, 15) is 0 Å². The van der Waals surface area contributed by atoms with E-state index in [-0.39, 0.29) is 0 Å². The molecule has 0 aliphatic carbocycles. The van der Waals surface area contributed by atoms with E-state index in [0.29, 0.717) is 0 Å². The molecule has 0 aliphatic heterocycles. The zero-order valence-electron chi connectivity index (χ0n) is 12.3. The fraction of sp³-hybridized carbons (Fsp3) is 0.0500. The Hall–Kier alpha value is -2.87. The molecule has 0 bridgehead atoms. The fourth-order valence-electron chi connectivity index (χ4n) is 2.91. The molecule has 0 N–H and O–H groups in total. The van der Waals surface area contributed by atoms with Crippen LogP contribution >= 0.6 is 0 Å². The molecule has 2 nitrogen and oxygen atoms in total. The van der Waals surface area contributed by atoms with Gasteiger partial charge in [0.25, 0.3) is 0 Å². The van der Waals surface area contributed by atoms with Crippen LogP contribution in [0.5, 0.6) is 5.75 Å². The van der Waals surface area contributed by atoms with Gasteiger partial charge in [0.15, 0.2) is 0 Å². The lowest BCUT2D eigenvalue weighted by Gasteiger charge is -2.12. The summed E-state index contributed by atoms with van der Waals surface area (Å²) in [6.07, 6.45) is 0. The van der Waals surface area contributed by atoms with E-state index in [2.05, 4.69) is 48.5 Å². The van der Waals surface area contributed by atoms with Gasteiger partial charge in [-0.3, -0.25) is 0 Å². The van der Waals surface area contributed by atoms with Gasteiger partial charge < -0.3 is 4.74 Å². The first-order valence-electron chi connectivity index (χ1n) is 7.29. The van der Waals surface area contributed by atoms with Gasteiger partial charge in [0.05, 0.1) is 18.1 Å². The Morgan fingerprint density at radius 3 is 2.27 bits per heavy atom. The number of ether oxygens (including phenoxy) is 1. The number of para-hydroxylation sites is 1. The van der Waals surface area contributed by atoms with Crippen LogP contribution in [0.25, 0.3) is 32.9 Å². The van der Waals surface area contributed by atoms with Crippen molar-refractivity contribution in [2.75, 3.05) is 7.11 Å². The summed E-state index contributed by atoms with van der Waals surface area (Å²) in [5, 5.41) is 2.28. The summed E-state index contributed by atoms with van der Waals surface area (Å²) in [4.78, 5) is 4.78. The number of pyridine rings is 1. The molecule has 0 fully saturated rings. The Morgan fingerprint density at radius 2 is 1.45 bits per heavy atom. The van der Waals surface area contributed by atoms with Crippen molar-refractivity contribution in [3.8, 4) is 16.9 Å². The molecule has 0 aliphatic rings.